The topological polar surface area (TPSA) is 52.6 Å². The average molecular weight is 671 g/mol. The zero-order valence-electron chi connectivity index (χ0n) is 30.4. The molecule has 5 heteroatoms. The van der Waals surface area contributed by atoms with Crippen LogP contribution in [0.1, 0.15) is 166 Å². The van der Waals surface area contributed by atoms with Gasteiger partial charge in [-0.3, -0.25) is 0 Å². The molecule has 2 atom stereocenters. The second-order valence-electron chi connectivity index (χ2n) is 14.0. The molecule has 0 fully saturated rings. The molecule has 0 aliphatic heterocycles. The fourth-order valence-corrected chi connectivity index (χ4v) is 7.40. The Morgan fingerprint density at radius 1 is 0.447 bits per heavy atom. The number of unbranched alkanes of at least 4 members (excludes halogenated alkanes) is 18. The first kappa shape index (κ1) is 41.5. The third-order valence-corrected chi connectivity index (χ3v) is 10.4. The fraction of sp³-hybridized carbons (Fsp3) is 0.714. The van der Waals surface area contributed by atoms with E-state index in [1.54, 1.807) is 0 Å². The van der Waals surface area contributed by atoms with E-state index in [0.717, 1.165) is 38.5 Å². The van der Waals surface area contributed by atoms with Crippen LogP contribution in [0.4, 0.5) is 0 Å². The van der Waals surface area contributed by atoms with Gasteiger partial charge < -0.3 is 0 Å². The van der Waals surface area contributed by atoms with Gasteiger partial charge in [-0.05, 0) is 48.6 Å². The third kappa shape index (κ3) is 23.3. The highest BCUT2D eigenvalue weighted by molar-refractivity contribution is 7.81. The molecule has 0 bridgehead atoms. The van der Waals surface area contributed by atoms with E-state index < -0.39 is 10.4 Å². The molecule has 0 radical (unpaired) electrons. The molecule has 0 heterocycles. The summed E-state index contributed by atoms with van der Waals surface area (Å²) in [5.74, 6) is 0.299. The van der Waals surface area contributed by atoms with Gasteiger partial charge in [0.15, 0.2) is 0 Å². The van der Waals surface area contributed by atoms with Crippen LogP contribution in [0.2, 0.25) is 0 Å². The highest BCUT2D eigenvalue weighted by Gasteiger charge is 2.20. The van der Waals surface area contributed by atoms with Gasteiger partial charge in [0, 0.05) is 0 Å². The number of hydrogen-bond acceptors (Lipinski definition) is 4. The summed E-state index contributed by atoms with van der Waals surface area (Å²) in [6.07, 6.45) is 29.5. The molecule has 0 aliphatic carbocycles. The number of benzene rings is 2. The molecule has 0 N–H and O–H groups in total. The Hall–Kier alpha value is -1.69. The summed E-state index contributed by atoms with van der Waals surface area (Å²) in [6, 6.07) is 20.7. The molecule has 0 saturated carbocycles. The Bertz CT molecular complexity index is 977. The number of hydrogen-bond donors (Lipinski definition) is 0. The van der Waals surface area contributed by atoms with Gasteiger partial charge in [-0.25, -0.2) is 8.37 Å². The van der Waals surface area contributed by atoms with Crippen LogP contribution in [0.5, 0.6) is 0 Å². The standard InChI is InChI=1S/C42H70O4S/c1-3-5-7-9-11-13-15-17-19-23-33-41(35-39-29-25-21-26-30-39)37-45-47(43,44)46-38-42(36-40-31-27-22-28-32-40)34-24-20-18-16-14-12-10-8-6-4-2/h21-22,25-32,41-42H,3-20,23-24,33-38H2,1-2H3. The van der Waals surface area contributed by atoms with Gasteiger partial charge in [0.25, 0.3) is 0 Å². The predicted octanol–water partition coefficient (Wildman–Crippen LogP) is 12.6. The second kappa shape index (κ2) is 28.2. The monoisotopic (exact) mass is 670 g/mol. The van der Waals surface area contributed by atoms with Crippen LogP contribution in [0.3, 0.4) is 0 Å². The first-order valence-electron chi connectivity index (χ1n) is 19.6. The van der Waals surface area contributed by atoms with Crippen molar-refractivity contribution in [3.8, 4) is 0 Å². The molecule has 4 nitrogen and oxygen atoms in total. The average Bonchev–Trinajstić information content (AvgIpc) is 3.08. The van der Waals surface area contributed by atoms with Gasteiger partial charge in [0.2, 0.25) is 0 Å². The number of rotatable bonds is 32. The van der Waals surface area contributed by atoms with E-state index in [-0.39, 0.29) is 25.0 Å². The maximum Gasteiger partial charge on any atom is 0.399 e. The van der Waals surface area contributed by atoms with Crippen LogP contribution in [0, 0.1) is 11.8 Å². The minimum absolute atomic E-state index is 0.150. The molecule has 0 amide bonds. The van der Waals surface area contributed by atoms with Crippen LogP contribution < -0.4 is 0 Å². The highest BCUT2D eigenvalue weighted by atomic mass is 32.3. The van der Waals surface area contributed by atoms with Gasteiger partial charge in [-0.2, -0.15) is 8.42 Å². The van der Waals surface area contributed by atoms with Crippen molar-refractivity contribution in [2.75, 3.05) is 13.2 Å². The smallest absolute Gasteiger partial charge is 0.248 e. The van der Waals surface area contributed by atoms with Crippen molar-refractivity contribution in [1.29, 1.82) is 0 Å². The van der Waals surface area contributed by atoms with Crippen molar-refractivity contribution in [2.45, 2.75) is 168 Å². The summed E-state index contributed by atoms with van der Waals surface area (Å²) < 4.78 is 37.1. The Morgan fingerprint density at radius 2 is 0.745 bits per heavy atom. The highest BCUT2D eigenvalue weighted by Crippen LogP contribution is 2.22. The molecule has 0 spiro atoms. The van der Waals surface area contributed by atoms with Crippen LogP contribution in [-0.4, -0.2) is 21.6 Å². The van der Waals surface area contributed by atoms with Crippen molar-refractivity contribution in [2.24, 2.45) is 11.8 Å². The maximum absolute atomic E-state index is 13.0. The van der Waals surface area contributed by atoms with E-state index in [0.29, 0.717) is 0 Å². The molecule has 47 heavy (non-hydrogen) atoms. The third-order valence-electron chi connectivity index (χ3n) is 9.56. The zero-order valence-corrected chi connectivity index (χ0v) is 31.2. The molecule has 2 aromatic carbocycles. The lowest BCUT2D eigenvalue weighted by atomic mass is 9.94. The van der Waals surface area contributed by atoms with Crippen molar-refractivity contribution >= 4 is 10.4 Å². The molecule has 2 rings (SSSR count). The first-order valence-corrected chi connectivity index (χ1v) is 21.0. The van der Waals surface area contributed by atoms with E-state index in [1.807, 2.05) is 12.1 Å². The minimum Gasteiger partial charge on any atom is -0.248 e. The quantitative estimate of drug-likeness (QED) is 0.0727. The SMILES string of the molecule is CCCCCCCCCCCCC(COS(=O)(=O)OCC(CCCCCCCCCCCC)Cc1ccccc1)Cc1ccccc1. The van der Waals surface area contributed by atoms with Gasteiger partial charge in [-0.1, -0.05) is 203 Å². The molecule has 0 saturated heterocycles. The lowest BCUT2D eigenvalue weighted by Crippen LogP contribution is -2.22. The van der Waals surface area contributed by atoms with Crippen LogP contribution in [0.15, 0.2) is 60.7 Å². The molecular weight excluding hydrogens is 601 g/mol. The van der Waals surface area contributed by atoms with Crippen molar-refractivity contribution in [3.63, 3.8) is 0 Å². The van der Waals surface area contributed by atoms with Gasteiger partial charge in [0.1, 0.15) is 0 Å². The van der Waals surface area contributed by atoms with Crippen LogP contribution in [-0.2, 0) is 31.6 Å². The second-order valence-corrected chi connectivity index (χ2v) is 15.3. The molecule has 2 unspecified atom stereocenters. The summed E-state index contributed by atoms with van der Waals surface area (Å²) in [6.45, 7) is 4.88. The van der Waals surface area contributed by atoms with Crippen molar-refractivity contribution < 1.29 is 16.8 Å². The zero-order chi connectivity index (χ0) is 33.7. The Morgan fingerprint density at radius 3 is 1.06 bits per heavy atom. The van der Waals surface area contributed by atoms with E-state index in [2.05, 4.69) is 62.4 Å². The molecular formula is C42H70O4S. The van der Waals surface area contributed by atoms with Crippen LogP contribution in [0.25, 0.3) is 0 Å². The van der Waals surface area contributed by atoms with Crippen molar-refractivity contribution in [1.82, 2.24) is 0 Å². The molecule has 268 valence electrons. The lowest BCUT2D eigenvalue weighted by molar-refractivity contribution is 0.161. The minimum atomic E-state index is -4.06. The normalized spacial score (nSPS) is 13.1. The lowest BCUT2D eigenvalue weighted by Gasteiger charge is -2.19. The molecule has 0 aliphatic rings. The fourth-order valence-electron chi connectivity index (χ4n) is 6.62. The first-order chi connectivity index (χ1) is 23.0. The van der Waals surface area contributed by atoms with E-state index in [4.69, 9.17) is 8.37 Å². The summed E-state index contributed by atoms with van der Waals surface area (Å²) in [5, 5.41) is 0. The van der Waals surface area contributed by atoms with Gasteiger partial charge in [0.05, 0.1) is 13.2 Å². The summed E-state index contributed by atoms with van der Waals surface area (Å²) in [5.41, 5.74) is 2.46. The summed E-state index contributed by atoms with van der Waals surface area (Å²) in [4.78, 5) is 0. The van der Waals surface area contributed by atoms with Gasteiger partial charge >= 0.3 is 10.4 Å². The summed E-state index contributed by atoms with van der Waals surface area (Å²) >= 11 is 0. The predicted molar refractivity (Wildman–Crippen MR) is 201 cm³/mol. The van der Waals surface area contributed by atoms with Gasteiger partial charge in [-0.15, -0.1) is 0 Å². The van der Waals surface area contributed by atoms with Crippen LogP contribution >= 0.6 is 0 Å². The maximum atomic E-state index is 13.0. The van der Waals surface area contributed by atoms with E-state index >= 15 is 0 Å². The Kier molecular flexibility index (Phi) is 24.9. The Balaban J connectivity index is 1.78. The Labute approximate surface area is 291 Å². The largest absolute Gasteiger partial charge is 0.399 e. The van der Waals surface area contributed by atoms with E-state index in [1.165, 1.54) is 127 Å². The van der Waals surface area contributed by atoms with E-state index in [9.17, 15) is 8.42 Å². The molecule has 0 aromatic heterocycles. The van der Waals surface area contributed by atoms with Crippen molar-refractivity contribution in [3.05, 3.63) is 71.8 Å². The summed E-state index contributed by atoms with van der Waals surface area (Å²) in [7, 11) is -4.06. The molecule has 2 aromatic rings.